The Bertz CT molecular complexity index is 99.2. The topological polar surface area (TPSA) is 29.1 Å². The molecular formula is C6H12ClNO. The molecule has 0 aromatic carbocycles. The number of halogens is 1. The number of Topliss-reactive ketones (excluding diaryl/α,β-unsaturated/α-hetero) is 1. The number of carbonyl (C=O) groups excluding carboxylic acids is 1. The lowest BCUT2D eigenvalue weighted by molar-refractivity contribution is -0.118. The Morgan fingerprint density at radius 1 is 1.67 bits per heavy atom. The first kappa shape index (κ1) is 8.92. The molecule has 3 heteroatoms. The van der Waals surface area contributed by atoms with Gasteiger partial charge in [-0.15, -0.1) is 12.4 Å². The van der Waals surface area contributed by atoms with E-state index >= 15 is 0 Å². The maximum absolute atomic E-state index is 10.6. The summed E-state index contributed by atoms with van der Waals surface area (Å²) in [5, 5.41) is 3.11. The van der Waals surface area contributed by atoms with Crippen LogP contribution in [0.25, 0.3) is 0 Å². The van der Waals surface area contributed by atoms with E-state index in [4.69, 9.17) is 0 Å². The molecule has 1 aliphatic rings. The van der Waals surface area contributed by atoms with Crippen molar-refractivity contribution in [3.8, 4) is 0 Å². The van der Waals surface area contributed by atoms with Gasteiger partial charge in [-0.3, -0.25) is 4.79 Å². The summed E-state index contributed by atoms with van der Waals surface area (Å²) >= 11 is 0. The summed E-state index contributed by atoms with van der Waals surface area (Å²) in [5.74, 6) is 0.280. The fourth-order valence-electron chi connectivity index (χ4n) is 1.03. The van der Waals surface area contributed by atoms with E-state index in [9.17, 15) is 4.79 Å². The van der Waals surface area contributed by atoms with Gasteiger partial charge in [0, 0.05) is 0 Å². The highest BCUT2D eigenvalue weighted by Crippen LogP contribution is 2.04. The molecule has 1 N–H and O–H groups in total. The van der Waals surface area contributed by atoms with Crippen LogP contribution in [-0.4, -0.2) is 18.4 Å². The second kappa shape index (κ2) is 3.85. The van der Waals surface area contributed by atoms with Crippen LogP contribution in [0.2, 0.25) is 0 Å². The monoisotopic (exact) mass is 149 g/mol. The molecule has 0 aromatic heterocycles. The first-order valence-corrected chi connectivity index (χ1v) is 3.04. The molecule has 1 aliphatic heterocycles. The molecule has 1 heterocycles. The number of nitrogens with one attached hydrogen (secondary N) is 1. The zero-order chi connectivity index (χ0) is 5.98. The number of ketones is 1. The predicted octanol–water partition coefficient (Wildman–Crippen LogP) is 0.749. The van der Waals surface area contributed by atoms with E-state index < -0.39 is 0 Å². The number of hydrogen-bond donors (Lipinski definition) is 1. The van der Waals surface area contributed by atoms with Gasteiger partial charge in [0.2, 0.25) is 0 Å². The Labute approximate surface area is 61.4 Å². The first-order chi connectivity index (χ1) is 3.80. The van der Waals surface area contributed by atoms with Crippen molar-refractivity contribution >= 4 is 18.2 Å². The standard InChI is InChI=1S/C6H11NO.ClH/c1-5(8)6-3-2-4-7-6;/h6-7H,2-4H2,1H3;1H/t6-;/m1./s1. The van der Waals surface area contributed by atoms with Gasteiger partial charge in [0.25, 0.3) is 0 Å². The normalized spacial score (nSPS) is 25.2. The van der Waals surface area contributed by atoms with Crippen molar-refractivity contribution in [3.63, 3.8) is 0 Å². The minimum absolute atomic E-state index is 0. The molecule has 0 bridgehead atoms. The minimum atomic E-state index is 0. The summed E-state index contributed by atoms with van der Waals surface area (Å²) in [5.41, 5.74) is 0. The van der Waals surface area contributed by atoms with Crippen LogP contribution in [0.15, 0.2) is 0 Å². The zero-order valence-electron chi connectivity index (χ0n) is 5.52. The van der Waals surface area contributed by atoms with E-state index in [1.807, 2.05) is 0 Å². The van der Waals surface area contributed by atoms with Gasteiger partial charge in [-0.2, -0.15) is 0 Å². The molecule has 0 radical (unpaired) electrons. The average molecular weight is 150 g/mol. The van der Waals surface area contributed by atoms with Crippen LogP contribution in [0.3, 0.4) is 0 Å². The van der Waals surface area contributed by atoms with E-state index in [1.165, 1.54) is 0 Å². The molecule has 1 rings (SSSR count). The predicted molar refractivity (Wildman–Crippen MR) is 39.0 cm³/mol. The van der Waals surface area contributed by atoms with Crippen LogP contribution in [0.4, 0.5) is 0 Å². The van der Waals surface area contributed by atoms with Gasteiger partial charge in [-0.05, 0) is 26.3 Å². The third kappa shape index (κ3) is 2.33. The third-order valence-electron chi connectivity index (χ3n) is 1.55. The van der Waals surface area contributed by atoms with E-state index in [-0.39, 0.29) is 24.2 Å². The van der Waals surface area contributed by atoms with E-state index in [0.717, 1.165) is 19.4 Å². The summed E-state index contributed by atoms with van der Waals surface area (Å²) in [6.07, 6.45) is 2.19. The Hall–Kier alpha value is -0.0800. The molecule has 0 unspecified atom stereocenters. The van der Waals surface area contributed by atoms with E-state index in [0.29, 0.717) is 0 Å². The quantitative estimate of drug-likeness (QED) is 0.596. The van der Waals surface area contributed by atoms with Crippen LogP contribution >= 0.6 is 12.4 Å². The maximum Gasteiger partial charge on any atom is 0.146 e. The van der Waals surface area contributed by atoms with Crippen molar-refractivity contribution in [1.29, 1.82) is 0 Å². The second-order valence-corrected chi connectivity index (χ2v) is 2.26. The van der Waals surface area contributed by atoms with Crippen molar-refractivity contribution in [2.75, 3.05) is 6.54 Å². The Kier molecular flexibility index (Phi) is 3.82. The van der Waals surface area contributed by atoms with Gasteiger partial charge in [0.15, 0.2) is 0 Å². The molecule has 1 fully saturated rings. The van der Waals surface area contributed by atoms with Gasteiger partial charge in [-0.25, -0.2) is 0 Å². The van der Waals surface area contributed by atoms with Crippen molar-refractivity contribution in [3.05, 3.63) is 0 Å². The van der Waals surface area contributed by atoms with Gasteiger partial charge in [-0.1, -0.05) is 0 Å². The molecule has 1 saturated heterocycles. The molecule has 0 saturated carbocycles. The highest BCUT2D eigenvalue weighted by molar-refractivity contribution is 5.85. The summed E-state index contributed by atoms with van der Waals surface area (Å²) in [7, 11) is 0. The van der Waals surface area contributed by atoms with Gasteiger partial charge < -0.3 is 5.32 Å². The van der Waals surface area contributed by atoms with Crippen LogP contribution in [-0.2, 0) is 4.79 Å². The Morgan fingerprint density at radius 3 is 2.56 bits per heavy atom. The lowest BCUT2D eigenvalue weighted by atomic mass is 10.2. The van der Waals surface area contributed by atoms with Crippen molar-refractivity contribution in [2.24, 2.45) is 0 Å². The summed E-state index contributed by atoms with van der Waals surface area (Å²) in [6.45, 7) is 2.66. The fourth-order valence-corrected chi connectivity index (χ4v) is 1.03. The van der Waals surface area contributed by atoms with Crippen molar-refractivity contribution < 1.29 is 4.79 Å². The average Bonchev–Trinajstić information content (AvgIpc) is 2.12. The number of rotatable bonds is 1. The van der Waals surface area contributed by atoms with Gasteiger partial charge in [0.05, 0.1) is 6.04 Å². The van der Waals surface area contributed by atoms with Gasteiger partial charge >= 0.3 is 0 Å². The second-order valence-electron chi connectivity index (χ2n) is 2.26. The van der Waals surface area contributed by atoms with E-state index in [1.54, 1.807) is 6.92 Å². The molecule has 0 amide bonds. The number of carbonyl (C=O) groups is 1. The Balaban J connectivity index is 0.000000640. The lowest BCUT2D eigenvalue weighted by Gasteiger charge is -2.01. The molecule has 0 aliphatic carbocycles. The highest BCUT2D eigenvalue weighted by Gasteiger charge is 2.17. The van der Waals surface area contributed by atoms with Crippen LogP contribution in [0, 0.1) is 0 Å². The zero-order valence-corrected chi connectivity index (χ0v) is 6.33. The maximum atomic E-state index is 10.6. The highest BCUT2D eigenvalue weighted by atomic mass is 35.5. The largest absolute Gasteiger partial charge is 0.307 e. The molecular weight excluding hydrogens is 138 g/mol. The molecule has 0 aromatic rings. The molecule has 1 atom stereocenters. The molecule has 2 nitrogen and oxygen atoms in total. The molecule has 9 heavy (non-hydrogen) atoms. The van der Waals surface area contributed by atoms with Crippen LogP contribution in [0.5, 0.6) is 0 Å². The molecule has 0 spiro atoms. The van der Waals surface area contributed by atoms with Crippen molar-refractivity contribution in [2.45, 2.75) is 25.8 Å². The van der Waals surface area contributed by atoms with E-state index in [2.05, 4.69) is 5.32 Å². The summed E-state index contributed by atoms with van der Waals surface area (Å²) in [4.78, 5) is 10.6. The minimum Gasteiger partial charge on any atom is -0.307 e. The Morgan fingerprint density at radius 2 is 2.33 bits per heavy atom. The first-order valence-electron chi connectivity index (χ1n) is 3.04. The fraction of sp³-hybridized carbons (Fsp3) is 0.833. The third-order valence-corrected chi connectivity index (χ3v) is 1.55. The lowest BCUT2D eigenvalue weighted by Crippen LogP contribution is -2.28. The van der Waals surface area contributed by atoms with Crippen LogP contribution < -0.4 is 5.32 Å². The van der Waals surface area contributed by atoms with Crippen LogP contribution in [0.1, 0.15) is 19.8 Å². The summed E-state index contributed by atoms with van der Waals surface area (Å²) < 4.78 is 0. The smallest absolute Gasteiger partial charge is 0.146 e. The van der Waals surface area contributed by atoms with Crippen molar-refractivity contribution in [1.82, 2.24) is 5.32 Å². The number of hydrogen-bond acceptors (Lipinski definition) is 2. The SMILES string of the molecule is CC(=O)[C@H]1CCCN1.Cl. The molecule has 54 valence electrons. The van der Waals surface area contributed by atoms with Gasteiger partial charge in [0.1, 0.15) is 5.78 Å². The summed E-state index contributed by atoms with van der Waals surface area (Å²) in [6, 6.07) is 0.176.